The Hall–Kier alpha value is -2.50. The minimum atomic E-state index is -6.00. The highest BCUT2D eigenvalue weighted by molar-refractivity contribution is 5.92. The summed E-state index contributed by atoms with van der Waals surface area (Å²) in [5, 5.41) is 9.66. The van der Waals surface area contributed by atoms with Gasteiger partial charge >= 0.3 is 24.4 Å². The van der Waals surface area contributed by atoms with Crippen LogP contribution in [0.1, 0.15) is 63.9 Å². The average Bonchev–Trinajstić information content (AvgIpc) is 2.83. The zero-order valence-electron chi connectivity index (χ0n) is 20.3. The largest absolute Gasteiger partial charge is 0.469 e. The molecule has 1 aromatic rings. The second-order valence-electron chi connectivity index (χ2n) is 8.80. The van der Waals surface area contributed by atoms with E-state index in [0.29, 0.717) is 31.5 Å². The van der Waals surface area contributed by atoms with Crippen LogP contribution in [0.5, 0.6) is 0 Å². The van der Waals surface area contributed by atoms with E-state index in [1.807, 2.05) is 0 Å². The molecule has 1 fully saturated rings. The van der Waals surface area contributed by atoms with Gasteiger partial charge in [0.25, 0.3) is 5.60 Å². The second kappa shape index (κ2) is 12.2. The van der Waals surface area contributed by atoms with Gasteiger partial charge in [-0.1, -0.05) is 31.4 Å². The highest BCUT2D eigenvalue weighted by Gasteiger charge is 2.71. The van der Waals surface area contributed by atoms with Crippen LogP contribution in [0.3, 0.4) is 0 Å². The smallest absolute Gasteiger partial charge is 0.430 e. The normalized spacial score (nSPS) is 15.5. The van der Waals surface area contributed by atoms with Gasteiger partial charge in [0.2, 0.25) is 0 Å². The van der Waals surface area contributed by atoms with Crippen LogP contribution in [-0.4, -0.2) is 60.6 Å². The first-order chi connectivity index (χ1) is 16.8. The molecule has 2 rings (SSSR count). The first-order valence-corrected chi connectivity index (χ1v) is 11.9. The van der Waals surface area contributed by atoms with Gasteiger partial charge in [0.15, 0.2) is 0 Å². The van der Waals surface area contributed by atoms with Gasteiger partial charge in [-0.2, -0.15) is 26.3 Å². The van der Waals surface area contributed by atoms with Crippen molar-refractivity contribution in [3.63, 3.8) is 0 Å². The maximum atomic E-state index is 13.5. The molecule has 0 aromatic heterocycles. The molecule has 1 aliphatic carbocycles. The number of hydrogen-bond donors (Lipinski definition) is 1. The molecule has 1 aromatic carbocycles. The van der Waals surface area contributed by atoms with Crippen molar-refractivity contribution in [1.29, 1.82) is 0 Å². The molecule has 2 amide bonds. The number of halogens is 6. The first kappa shape index (κ1) is 29.7. The number of unbranched alkanes of at least 4 members (excludes halogenated alkanes) is 1. The Morgan fingerprint density at radius 1 is 0.972 bits per heavy atom. The number of carbonyl (C=O) groups excluding carboxylic acids is 2. The molecule has 0 heterocycles. The quantitative estimate of drug-likeness (QED) is 0.246. The number of alkyl halides is 6. The zero-order valence-corrected chi connectivity index (χ0v) is 20.3. The SMILES string of the molecule is CCN(C(=O)N(CCCCC(=O)OC)c1ccc(C(O)(C(F)(F)F)C(F)(F)F)cc1)C1CCCCC1. The Morgan fingerprint density at radius 3 is 2.00 bits per heavy atom. The molecule has 0 unspecified atom stereocenters. The molecule has 0 bridgehead atoms. The Labute approximate surface area is 206 Å². The molecule has 0 saturated heterocycles. The Balaban J connectivity index is 2.36. The van der Waals surface area contributed by atoms with E-state index in [2.05, 4.69) is 4.74 Å². The molecule has 1 saturated carbocycles. The number of anilines is 1. The van der Waals surface area contributed by atoms with Crippen molar-refractivity contribution in [2.75, 3.05) is 25.1 Å². The van der Waals surface area contributed by atoms with Crippen molar-refractivity contribution in [2.45, 2.75) is 82.3 Å². The van der Waals surface area contributed by atoms with Gasteiger partial charge < -0.3 is 14.7 Å². The minimum Gasteiger partial charge on any atom is -0.469 e. The van der Waals surface area contributed by atoms with Crippen molar-refractivity contribution < 1.29 is 45.8 Å². The predicted octanol–water partition coefficient (Wildman–Crippen LogP) is 5.92. The number of benzene rings is 1. The van der Waals surface area contributed by atoms with E-state index in [0.717, 1.165) is 44.2 Å². The molecule has 0 atom stereocenters. The van der Waals surface area contributed by atoms with Crippen molar-refractivity contribution in [3.8, 4) is 0 Å². The number of amides is 2. The third kappa shape index (κ3) is 6.63. The summed E-state index contributed by atoms with van der Waals surface area (Å²) in [5.41, 5.74) is -6.36. The van der Waals surface area contributed by atoms with Gasteiger partial charge in [-0.3, -0.25) is 9.69 Å². The molecule has 1 N–H and O–H groups in total. The molecule has 1 aliphatic rings. The van der Waals surface area contributed by atoms with E-state index in [4.69, 9.17) is 0 Å². The lowest BCUT2D eigenvalue weighted by Gasteiger charge is -2.37. The zero-order chi connectivity index (χ0) is 27.1. The van der Waals surface area contributed by atoms with Crippen LogP contribution in [-0.2, 0) is 15.1 Å². The lowest BCUT2D eigenvalue weighted by atomic mass is 9.92. The van der Waals surface area contributed by atoms with Gasteiger partial charge in [0, 0.05) is 36.8 Å². The van der Waals surface area contributed by atoms with Gasteiger partial charge in [-0.05, 0) is 44.7 Å². The standard InChI is InChI=1S/C24H32F6N2O4/c1-3-31(18-9-5-4-6-10-18)21(34)32(16-8-7-11-20(33)36-2)19-14-12-17(13-15-19)22(35,23(25,26)27)24(28,29)30/h12-15,18,35H,3-11,16H2,1-2H3. The Kier molecular flexibility index (Phi) is 10.0. The van der Waals surface area contributed by atoms with Crippen LogP contribution in [0.15, 0.2) is 24.3 Å². The lowest BCUT2D eigenvalue weighted by molar-refractivity contribution is -0.376. The fraction of sp³-hybridized carbons (Fsp3) is 0.667. The fourth-order valence-electron chi connectivity index (χ4n) is 4.44. The number of hydrogen-bond acceptors (Lipinski definition) is 4. The van der Waals surface area contributed by atoms with Gasteiger partial charge in [0.05, 0.1) is 7.11 Å². The number of urea groups is 1. The summed E-state index contributed by atoms with van der Waals surface area (Å²) in [6, 6.07) is 2.55. The number of aliphatic hydroxyl groups is 1. The van der Waals surface area contributed by atoms with Crippen molar-refractivity contribution >= 4 is 17.7 Å². The highest BCUT2D eigenvalue weighted by atomic mass is 19.4. The average molecular weight is 527 g/mol. The van der Waals surface area contributed by atoms with E-state index in [1.165, 1.54) is 12.0 Å². The number of methoxy groups -OCH3 is 1. The summed E-state index contributed by atoms with van der Waals surface area (Å²) in [5.74, 6) is -0.437. The summed E-state index contributed by atoms with van der Waals surface area (Å²) in [7, 11) is 1.24. The number of carbonyl (C=O) groups is 2. The summed E-state index contributed by atoms with van der Waals surface area (Å²) in [6.07, 6.45) is -6.62. The van der Waals surface area contributed by atoms with Crippen LogP contribution < -0.4 is 4.90 Å². The summed E-state index contributed by atoms with van der Waals surface area (Å²) in [6.45, 7) is 2.27. The van der Waals surface area contributed by atoms with E-state index < -0.39 is 35.5 Å². The number of esters is 1. The van der Waals surface area contributed by atoms with E-state index in [9.17, 15) is 41.0 Å². The number of nitrogens with zero attached hydrogens (tertiary/aromatic N) is 2. The molecule has 12 heteroatoms. The van der Waals surface area contributed by atoms with Crippen LogP contribution in [0.25, 0.3) is 0 Å². The molecule has 36 heavy (non-hydrogen) atoms. The molecule has 0 aliphatic heterocycles. The van der Waals surface area contributed by atoms with Crippen LogP contribution in [0.2, 0.25) is 0 Å². The van der Waals surface area contributed by atoms with E-state index >= 15 is 0 Å². The van der Waals surface area contributed by atoms with E-state index in [1.54, 1.807) is 11.8 Å². The molecule has 6 nitrogen and oxygen atoms in total. The number of rotatable bonds is 9. The summed E-state index contributed by atoms with van der Waals surface area (Å²) < 4.78 is 84.1. The minimum absolute atomic E-state index is 0.0198. The summed E-state index contributed by atoms with van der Waals surface area (Å²) in [4.78, 5) is 27.9. The van der Waals surface area contributed by atoms with Gasteiger partial charge in [0.1, 0.15) is 0 Å². The van der Waals surface area contributed by atoms with Crippen molar-refractivity contribution in [2.24, 2.45) is 0 Å². The van der Waals surface area contributed by atoms with Crippen LogP contribution in [0.4, 0.5) is 36.8 Å². The lowest BCUT2D eigenvalue weighted by Crippen LogP contribution is -2.54. The van der Waals surface area contributed by atoms with Crippen LogP contribution >= 0.6 is 0 Å². The molecule has 0 spiro atoms. The first-order valence-electron chi connectivity index (χ1n) is 11.9. The molecule has 0 radical (unpaired) electrons. The maximum absolute atomic E-state index is 13.5. The Morgan fingerprint density at radius 2 is 1.53 bits per heavy atom. The fourth-order valence-corrected chi connectivity index (χ4v) is 4.44. The highest BCUT2D eigenvalue weighted by Crippen LogP contribution is 2.50. The third-order valence-corrected chi connectivity index (χ3v) is 6.49. The van der Waals surface area contributed by atoms with Gasteiger partial charge in [-0.15, -0.1) is 0 Å². The second-order valence-corrected chi connectivity index (χ2v) is 8.80. The van der Waals surface area contributed by atoms with Gasteiger partial charge in [-0.25, -0.2) is 4.79 Å². The monoisotopic (exact) mass is 526 g/mol. The summed E-state index contributed by atoms with van der Waals surface area (Å²) >= 11 is 0. The molecular formula is C24H32F6N2O4. The topological polar surface area (TPSA) is 70.1 Å². The Bertz CT molecular complexity index is 853. The predicted molar refractivity (Wildman–Crippen MR) is 120 cm³/mol. The molecule has 204 valence electrons. The van der Waals surface area contributed by atoms with Crippen molar-refractivity contribution in [3.05, 3.63) is 29.8 Å². The molecular weight excluding hydrogens is 494 g/mol. The van der Waals surface area contributed by atoms with E-state index in [-0.39, 0.29) is 24.7 Å². The third-order valence-electron chi connectivity index (χ3n) is 6.49. The van der Waals surface area contributed by atoms with Crippen LogP contribution in [0, 0.1) is 0 Å². The maximum Gasteiger partial charge on any atom is 0.430 e. The number of ether oxygens (including phenoxy) is 1. The van der Waals surface area contributed by atoms with Crippen molar-refractivity contribution in [1.82, 2.24) is 4.90 Å².